The van der Waals surface area contributed by atoms with Gasteiger partial charge in [0.2, 0.25) is 0 Å². The zero-order chi connectivity index (χ0) is 21.8. The molecule has 0 spiro atoms. The van der Waals surface area contributed by atoms with Crippen LogP contribution in [0, 0.1) is 12.7 Å². The Kier molecular flexibility index (Phi) is 6.41. The molecule has 8 nitrogen and oxygen atoms in total. The second-order valence-corrected chi connectivity index (χ2v) is 7.24. The average molecular weight is 435 g/mol. The van der Waals surface area contributed by atoms with Crippen LogP contribution in [0.4, 0.5) is 10.1 Å². The maximum Gasteiger partial charge on any atom is 0.296 e. The number of carbonyl (C=O) groups excluding carboxylic acids is 3. The Morgan fingerprint density at radius 2 is 2.03 bits per heavy atom. The van der Waals surface area contributed by atoms with Crippen molar-refractivity contribution in [2.45, 2.75) is 25.8 Å². The molecule has 0 bridgehead atoms. The van der Waals surface area contributed by atoms with E-state index in [1.165, 1.54) is 25.1 Å². The number of hydrogen-bond acceptors (Lipinski definition) is 6. The number of benzene rings is 1. The summed E-state index contributed by atoms with van der Waals surface area (Å²) in [5, 5.41) is 7.85. The zero-order valence-electron chi connectivity index (χ0n) is 16.1. The van der Waals surface area contributed by atoms with Crippen molar-refractivity contribution in [3.8, 4) is 0 Å². The molecule has 1 aromatic carbocycles. The van der Waals surface area contributed by atoms with Gasteiger partial charge in [0.05, 0.1) is 17.1 Å². The number of furan rings is 1. The number of carbonyl (C=O) groups is 3. The number of Topliss-reactive ketones (excluding diaryl/α,β-unsaturated/α-hetero) is 1. The summed E-state index contributed by atoms with van der Waals surface area (Å²) in [6.07, 6.45) is 3.76. The third kappa shape index (κ3) is 5.38. The van der Waals surface area contributed by atoms with Crippen molar-refractivity contribution in [2.24, 2.45) is 5.73 Å². The fraction of sp³-hybridized carbons (Fsp3) is 0.250. The molecule has 5 N–H and O–H groups in total. The summed E-state index contributed by atoms with van der Waals surface area (Å²) < 4.78 is 18.5. The number of rotatable bonds is 8. The molecular formula is C20H20ClFN4O4. The van der Waals surface area contributed by atoms with Gasteiger partial charge in [0.15, 0.2) is 5.76 Å². The minimum absolute atomic E-state index is 0.0113. The molecule has 3 rings (SSSR count). The van der Waals surface area contributed by atoms with E-state index in [9.17, 15) is 18.8 Å². The Bertz CT molecular complexity index is 1030. The molecule has 158 valence electrons. The molecule has 0 saturated heterocycles. The number of halogens is 2. The monoisotopic (exact) mass is 434 g/mol. The van der Waals surface area contributed by atoms with E-state index < -0.39 is 23.4 Å². The first-order chi connectivity index (χ1) is 14.2. The maximum atomic E-state index is 13.2. The lowest BCUT2D eigenvalue weighted by atomic mass is 10.2. The smallest absolute Gasteiger partial charge is 0.296 e. The average Bonchev–Trinajstić information content (AvgIpc) is 3.46. The molecule has 2 aromatic rings. The molecule has 10 heteroatoms. The molecule has 0 aliphatic heterocycles. The number of amides is 2. The lowest BCUT2D eigenvalue weighted by Crippen LogP contribution is -2.34. The number of hydrogen-bond donors (Lipinski definition) is 4. The van der Waals surface area contributed by atoms with E-state index in [1.54, 1.807) is 6.20 Å². The van der Waals surface area contributed by atoms with Crippen LogP contribution in [0.3, 0.4) is 0 Å². The predicted molar refractivity (Wildman–Crippen MR) is 109 cm³/mol. The van der Waals surface area contributed by atoms with Crippen LogP contribution in [0.15, 0.2) is 40.6 Å². The third-order valence-corrected chi connectivity index (χ3v) is 4.59. The van der Waals surface area contributed by atoms with Crippen LogP contribution < -0.4 is 21.7 Å². The topological polar surface area (TPSA) is 126 Å². The number of aryl methyl sites for hydroxylation is 1. The van der Waals surface area contributed by atoms with Crippen molar-refractivity contribution >= 4 is 34.9 Å². The Hall–Kier alpha value is -3.33. The molecule has 0 unspecified atom stereocenters. The van der Waals surface area contributed by atoms with Crippen LogP contribution in [-0.4, -0.2) is 30.2 Å². The van der Waals surface area contributed by atoms with E-state index in [2.05, 4.69) is 16.0 Å². The largest absolute Gasteiger partial charge is 0.457 e. The molecule has 1 fully saturated rings. The molecule has 2 amide bonds. The van der Waals surface area contributed by atoms with Gasteiger partial charge in [-0.3, -0.25) is 14.4 Å². The quantitative estimate of drug-likeness (QED) is 0.373. The van der Waals surface area contributed by atoms with E-state index in [0.717, 1.165) is 18.9 Å². The van der Waals surface area contributed by atoms with Gasteiger partial charge in [-0.15, -0.1) is 0 Å². The molecule has 1 saturated carbocycles. The lowest BCUT2D eigenvalue weighted by molar-refractivity contribution is -0.116. The van der Waals surface area contributed by atoms with Gasteiger partial charge in [0.1, 0.15) is 11.6 Å². The number of nitrogens with two attached hydrogens (primary N) is 1. The minimum Gasteiger partial charge on any atom is -0.457 e. The van der Waals surface area contributed by atoms with E-state index in [0.29, 0.717) is 11.7 Å². The van der Waals surface area contributed by atoms with Crippen LogP contribution in [0.25, 0.3) is 0 Å². The molecular weight excluding hydrogens is 415 g/mol. The van der Waals surface area contributed by atoms with Crippen molar-refractivity contribution in [1.82, 2.24) is 10.6 Å². The SMILES string of the molecule is Cc1oc(C(=O)C(=O)NC/C(N)=C/NC2CC2)cc1C(=O)Nc1ccc(F)c(Cl)c1. The highest BCUT2D eigenvalue weighted by Gasteiger charge is 2.24. The number of anilines is 1. The summed E-state index contributed by atoms with van der Waals surface area (Å²) in [5.41, 5.74) is 6.45. The lowest BCUT2D eigenvalue weighted by Gasteiger charge is -2.05. The van der Waals surface area contributed by atoms with Crippen molar-refractivity contribution in [3.63, 3.8) is 0 Å². The Morgan fingerprint density at radius 3 is 2.70 bits per heavy atom. The van der Waals surface area contributed by atoms with Crippen LogP contribution in [-0.2, 0) is 4.79 Å². The summed E-state index contributed by atoms with van der Waals surface area (Å²) in [6.45, 7) is 1.47. The summed E-state index contributed by atoms with van der Waals surface area (Å²) in [5.74, 6) is -3.21. The van der Waals surface area contributed by atoms with E-state index >= 15 is 0 Å². The van der Waals surface area contributed by atoms with Crippen molar-refractivity contribution in [3.05, 3.63) is 64.1 Å². The number of ketones is 1. The summed E-state index contributed by atoms with van der Waals surface area (Å²) in [6, 6.07) is 5.29. The first-order valence-corrected chi connectivity index (χ1v) is 9.52. The second-order valence-electron chi connectivity index (χ2n) is 6.84. The van der Waals surface area contributed by atoms with Gasteiger partial charge in [0, 0.05) is 29.7 Å². The highest BCUT2D eigenvalue weighted by Crippen LogP contribution is 2.22. The van der Waals surface area contributed by atoms with Crippen LogP contribution in [0.2, 0.25) is 5.02 Å². The molecule has 0 radical (unpaired) electrons. The van der Waals surface area contributed by atoms with E-state index in [4.69, 9.17) is 21.8 Å². The van der Waals surface area contributed by atoms with Gasteiger partial charge in [-0.1, -0.05) is 11.6 Å². The van der Waals surface area contributed by atoms with E-state index in [1.807, 2.05) is 0 Å². The highest BCUT2D eigenvalue weighted by molar-refractivity contribution is 6.42. The maximum absolute atomic E-state index is 13.2. The van der Waals surface area contributed by atoms with E-state index in [-0.39, 0.29) is 34.3 Å². The second kappa shape index (κ2) is 9.00. The van der Waals surface area contributed by atoms with Crippen LogP contribution in [0.1, 0.15) is 39.5 Å². The van der Waals surface area contributed by atoms with Gasteiger partial charge in [-0.25, -0.2) is 4.39 Å². The molecule has 30 heavy (non-hydrogen) atoms. The Labute approximate surface area is 176 Å². The zero-order valence-corrected chi connectivity index (χ0v) is 16.8. The minimum atomic E-state index is -0.940. The van der Waals surface area contributed by atoms with Crippen LogP contribution in [0.5, 0.6) is 0 Å². The van der Waals surface area contributed by atoms with Gasteiger partial charge in [0.25, 0.3) is 17.6 Å². The number of nitrogens with one attached hydrogen (secondary N) is 3. The molecule has 1 aliphatic carbocycles. The molecule has 1 aliphatic rings. The summed E-state index contributed by atoms with van der Waals surface area (Å²) >= 11 is 5.69. The Balaban J connectivity index is 1.61. The first-order valence-electron chi connectivity index (χ1n) is 9.14. The molecule has 1 heterocycles. The first kappa shape index (κ1) is 21.4. The van der Waals surface area contributed by atoms with Gasteiger partial charge in [-0.2, -0.15) is 0 Å². The Morgan fingerprint density at radius 1 is 1.30 bits per heavy atom. The van der Waals surface area contributed by atoms with Gasteiger partial charge < -0.3 is 26.1 Å². The van der Waals surface area contributed by atoms with Gasteiger partial charge in [-0.05, 0) is 38.0 Å². The van der Waals surface area contributed by atoms with Gasteiger partial charge >= 0.3 is 0 Å². The van der Waals surface area contributed by atoms with Crippen molar-refractivity contribution in [1.29, 1.82) is 0 Å². The standard InChI is InChI=1S/C20H20ClFN4O4/c1-10-14(19(28)26-13-4-5-16(22)15(21)6-13)7-17(30-10)18(27)20(29)25-9-11(23)8-24-12-2-3-12/h4-8,12,24H,2-3,9,23H2,1H3,(H,25,29)(H,26,28)/b11-8-. The van der Waals surface area contributed by atoms with Crippen molar-refractivity contribution < 1.29 is 23.2 Å². The fourth-order valence-electron chi connectivity index (χ4n) is 2.49. The highest BCUT2D eigenvalue weighted by atomic mass is 35.5. The van der Waals surface area contributed by atoms with Crippen molar-refractivity contribution in [2.75, 3.05) is 11.9 Å². The van der Waals surface area contributed by atoms with Crippen LogP contribution >= 0.6 is 11.6 Å². The fourth-order valence-corrected chi connectivity index (χ4v) is 2.67. The third-order valence-electron chi connectivity index (χ3n) is 4.30. The predicted octanol–water partition coefficient (Wildman–Crippen LogP) is 2.48. The molecule has 1 aromatic heterocycles. The summed E-state index contributed by atoms with van der Waals surface area (Å²) in [4.78, 5) is 36.8. The molecule has 0 atom stereocenters. The normalized spacial score (nSPS) is 13.6. The summed E-state index contributed by atoms with van der Waals surface area (Å²) in [7, 11) is 0.